The van der Waals surface area contributed by atoms with E-state index in [4.69, 9.17) is 0 Å². The molecule has 84 valence electrons. The number of aromatic nitrogens is 2. The third-order valence-electron chi connectivity index (χ3n) is 1.89. The number of aromatic hydroxyl groups is 1. The van der Waals surface area contributed by atoms with Gasteiger partial charge in [0.2, 0.25) is 11.7 Å². The molecule has 0 bridgehead atoms. The standard InChI is InChI=1S/C8H12FN3O3/c1-11(2)3-4-12-7(14)5(9)6(13)10-8(12)15/h14H,3-4H2,1-2H3,(H,10,13,15). The molecule has 7 heteroatoms. The first kappa shape index (κ1) is 11.4. The molecule has 1 heterocycles. The summed E-state index contributed by atoms with van der Waals surface area (Å²) in [6.45, 7) is 0.546. The molecule has 1 rings (SSSR count). The molecule has 0 aliphatic carbocycles. The summed E-state index contributed by atoms with van der Waals surface area (Å²) in [6, 6.07) is 0. The van der Waals surface area contributed by atoms with E-state index in [1.807, 2.05) is 0 Å². The normalized spacial score (nSPS) is 10.9. The fraction of sp³-hybridized carbons (Fsp3) is 0.500. The number of rotatable bonds is 3. The van der Waals surface area contributed by atoms with Gasteiger partial charge in [0.1, 0.15) is 0 Å². The Bertz CT molecular complexity index is 463. The second-order valence-corrected chi connectivity index (χ2v) is 3.35. The van der Waals surface area contributed by atoms with Crippen LogP contribution in [0, 0.1) is 5.82 Å². The van der Waals surface area contributed by atoms with Gasteiger partial charge >= 0.3 is 5.69 Å². The number of aromatic amines is 1. The Balaban J connectivity index is 3.13. The SMILES string of the molecule is CN(C)CCn1c(O)c(F)c(=O)[nH]c1=O. The van der Waals surface area contributed by atoms with Crippen molar-refractivity contribution in [3.05, 3.63) is 26.7 Å². The van der Waals surface area contributed by atoms with Crippen LogP contribution in [0.15, 0.2) is 9.59 Å². The number of hydrogen-bond acceptors (Lipinski definition) is 4. The van der Waals surface area contributed by atoms with Crippen molar-refractivity contribution in [3.63, 3.8) is 0 Å². The van der Waals surface area contributed by atoms with Crippen LogP contribution in [-0.4, -0.2) is 40.2 Å². The maximum absolute atomic E-state index is 12.9. The summed E-state index contributed by atoms with van der Waals surface area (Å²) in [4.78, 5) is 25.5. The van der Waals surface area contributed by atoms with E-state index >= 15 is 0 Å². The second-order valence-electron chi connectivity index (χ2n) is 3.35. The van der Waals surface area contributed by atoms with E-state index in [2.05, 4.69) is 0 Å². The Hall–Kier alpha value is -1.63. The summed E-state index contributed by atoms with van der Waals surface area (Å²) in [5, 5.41) is 9.22. The third-order valence-corrected chi connectivity index (χ3v) is 1.89. The zero-order valence-electron chi connectivity index (χ0n) is 8.45. The zero-order chi connectivity index (χ0) is 11.6. The van der Waals surface area contributed by atoms with E-state index in [-0.39, 0.29) is 6.54 Å². The minimum atomic E-state index is -1.34. The molecular formula is C8H12FN3O3. The van der Waals surface area contributed by atoms with Gasteiger partial charge in [-0.2, -0.15) is 4.39 Å². The second kappa shape index (κ2) is 4.26. The molecule has 0 saturated carbocycles. The van der Waals surface area contributed by atoms with Crippen molar-refractivity contribution in [2.24, 2.45) is 0 Å². The van der Waals surface area contributed by atoms with E-state index < -0.39 is 22.9 Å². The summed E-state index contributed by atoms with van der Waals surface area (Å²) in [7, 11) is 3.54. The van der Waals surface area contributed by atoms with Crippen LogP contribution in [0.4, 0.5) is 4.39 Å². The number of nitrogens with one attached hydrogen (secondary N) is 1. The van der Waals surface area contributed by atoms with Gasteiger partial charge in [-0.05, 0) is 14.1 Å². The summed E-state index contributed by atoms with van der Waals surface area (Å²) < 4.78 is 13.7. The fourth-order valence-electron chi connectivity index (χ4n) is 1.04. The molecular weight excluding hydrogens is 205 g/mol. The van der Waals surface area contributed by atoms with E-state index in [1.165, 1.54) is 0 Å². The van der Waals surface area contributed by atoms with Crippen molar-refractivity contribution in [3.8, 4) is 5.88 Å². The highest BCUT2D eigenvalue weighted by Crippen LogP contribution is 2.06. The largest absolute Gasteiger partial charge is 0.492 e. The van der Waals surface area contributed by atoms with Crippen LogP contribution >= 0.6 is 0 Å². The lowest BCUT2D eigenvalue weighted by molar-refractivity contribution is 0.327. The van der Waals surface area contributed by atoms with Gasteiger partial charge in [0, 0.05) is 13.1 Å². The zero-order valence-corrected chi connectivity index (χ0v) is 8.45. The van der Waals surface area contributed by atoms with Gasteiger partial charge in [-0.1, -0.05) is 0 Å². The Labute approximate surface area is 84.6 Å². The van der Waals surface area contributed by atoms with Crippen LogP contribution in [0.2, 0.25) is 0 Å². The average molecular weight is 217 g/mol. The van der Waals surface area contributed by atoms with Crippen LogP contribution < -0.4 is 11.2 Å². The molecule has 0 radical (unpaired) electrons. The summed E-state index contributed by atoms with van der Waals surface area (Å²) in [5.74, 6) is -2.26. The minimum Gasteiger partial charge on any atom is -0.492 e. The van der Waals surface area contributed by atoms with Gasteiger partial charge < -0.3 is 10.0 Å². The number of halogens is 1. The predicted octanol–water partition coefficient (Wildman–Crippen LogP) is -1.06. The van der Waals surface area contributed by atoms with Crippen LogP contribution in [0.3, 0.4) is 0 Å². The third kappa shape index (κ3) is 2.44. The van der Waals surface area contributed by atoms with Crippen LogP contribution in [0.5, 0.6) is 5.88 Å². The first-order valence-electron chi connectivity index (χ1n) is 4.29. The van der Waals surface area contributed by atoms with Crippen molar-refractivity contribution >= 4 is 0 Å². The molecule has 0 aliphatic rings. The van der Waals surface area contributed by atoms with E-state index in [0.717, 1.165) is 4.57 Å². The molecule has 0 aromatic carbocycles. The lowest BCUT2D eigenvalue weighted by atomic mass is 10.5. The highest BCUT2D eigenvalue weighted by Gasteiger charge is 2.13. The van der Waals surface area contributed by atoms with Crippen LogP contribution in [0.1, 0.15) is 0 Å². The number of H-pyrrole nitrogens is 1. The smallest absolute Gasteiger partial charge is 0.331 e. The Kier molecular flexibility index (Phi) is 3.25. The van der Waals surface area contributed by atoms with E-state index in [0.29, 0.717) is 6.54 Å². The van der Waals surface area contributed by atoms with Crippen LogP contribution in [-0.2, 0) is 6.54 Å². The summed E-state index contributed by atoms with van der Waals surface area (Å²) in [5.41, 5.74) is -2.03. The van der Waals surface area contributed by atoms with Crippen molar-refractivity contribution < 1.29 is 9.50 Å². The topological polar surface area (TPSA) is 78.3 Å². The van der Waals surface area contributed by atoms with E-state index in [9.17, 15) is 19.1 Å². The molecule has 0 amide bonds. The minimum absolute atomic E-state index is 0.103. The van der Waals surface area contributed by atoms with Gasteiger partial charge in [0.05, 0.1) is 0 Å². The fourth-order valence-corrected chi connectivity index (χ4v) is 1.04. The van der Waals surface area contributed by atoms with Crippen molar-refractivity contribution in [1.82, 2.24) is 14.5 Å². The molecule has 0 fully saturated rings. The van der Waals surface area contributed by atoms with Gasteiger partial charge in [0.25, 0.3) is 5.56 Å². The Morgan fingerprint density at radius 3 is 2.60 bits per heavy atom. The maximum Gasteiger partial charge on any atom is 0.331 e. The van der Waals surface area contributed by atoms with Gasteiger partial charge in [0.15, 0.2) is 0 Å². The molecule has 0 unspecified atom stereocenters. The van der Waals surface area contributed by atoms with Gasteiger partial charge in [-0.15, -0.1) is 0 Å². The van der Waals surface area contributed by atoms with Crippen molar-refractivity contribution in [2.45, 2.75) is 6.54 Å². The first-order chi connectivity index (χ1) is 6.93. The quantitative estimate of drug-likeness (QED) is 0.676. The van der Waals surface area contributed by atoms with Crippen LogP contribution in [0.25, 0.3) is 0 Å². The molecule has 15 heavy (non-hydrogen) atoms. The summed E-state index contributed by atoms with van der Waals surface area (Å²) in [6.07, 6.45) is 0. The molecule has 0 saturated heterocycles. The van der Waals surface area contributed by atoms with Gasteiger partial charge in [-0.25, -0.2) is 4.79 Å². The Morgan fingerprint density at radius 2 is 2.07 bits per heavy atom. The highest BCUT2D eigenvalue weighted by atomic mass is 19.1. The lowest BCUT2D eigenvalue weighted by Crippen LogP contribution is -2.34. The lowest BCUT2D eigenvalue weighted by Gasteiger charge is -2.11. The Morgan fingerprint density at radius 1 is 1.47 bits per heavy atom. The number of nitrogens with zero attached hydrogens (tertiary/aromatic N) is 2. The van der Waals surface area contributed by atoms with Crippen molar-refractivity contribution in [1.29, 1.82) is 0 Å². The maximum atomic E-state index is 12.9. The summed E-state index contributed by atoms with van der Waals surface area (Å²) >= 11 is 0. The molecule has 6 nitrogen and oxygen atoms in total. The van der Waals surface area contributed by atoms with E-state index in [1.54, 1.807) is 24.0 Å². The molecule has 0 atom stereocenters. The highest BCUT2D eigenvalue weighted by molar-refractivity contribution is 5.09. The molecule has 0 aliphatic heterocycles. The van der Waals surface area contributed by atoms with Gasteiger partial charge in [-0.3, -0.25) is 14.3 Å². The predicted molar refractivity (Wildman–Crippen MR) is 51.5 cm³/mol. The molecule has 0 spiro atoms. The molecule has 1 aromatic rings. The average Bonchev–Trinajstić information content (AvgIpc) is 2.14. The first-order valence-corrected chi connectivity index (χ1v) is 4.29. The molecule has 1 aromatic heterocycles. The molecule has 2 N–H and O–H groups in total. The number of likely N-dealkylation sites (N-methyl/N-ethyl adjacent to an activating group) is 1. The van der Waals surface area contributed by atoms with Crippen molar-refractivity contribution in [2.75, 3.05) is 20.6 Å². The monoisotopic (exact) mass is 217 g/mol. The number of hydrogen-bond donors (Lipinski definition) is 2.